The molecule has 1 atom stereocenters. The molecule has 0 saturated carbocycles. The van der Waals surface area contributed by atoms with E-state index in [2.05, 4.69) is 40.1 Å². The molecule has 0 saturated heterocycles. The highest BCUT2D eigenvalue weighted by Crippen LogP contribution is 2.18. The molecule has 0 aromatic carbocycles. The van der Waals surface area contributed by atoms with Gasteiger partial charge in [0.2, 0.25) is 0 Å². The van der Waals surface area contributed by atoms with E-state index in [1.54, 1.807) is 0 Å². The van der Waals surface area contributed by atoms with Crippen molar-refractivity contribution in [3.63, 3.8) is 0 Å². The topological polar surface area (TPSA) is 24.9 Å². The molecule has 1 rings (SSSR count). The van der Waals surface area contributed by atoms with Crippen LogP contribution in [0.15, 0.2) is 16.7 Å². The summed E-state index contributed by atoms with van der Waals surface area (Å²) in [4.78, 5) is 4.31. The predicted octanol–water partition coefficient (Wildman–Crippen LogP) is 3.97. The lowest BCUT2D eigenvalue weighted by Gasteiger charge is -2.16. The number of hydrogen-bond donors (Lipinski definition) is 1. The molecule has 0 aliphatic heterocycles. The first-order valence-corrected chi connectivity index (χ1v) is 6.44. The van der Waals surface area contributed by atoms with Gasteiger partial charge in [-0.25, -0.2) is 4.98 Å². The number of anilines is 1. The van der Waals surface area contributed by atoms with Gasteiger partial charge in [0.25, 0.3) is 0 Å². The Kier molecular flexibility index (Phi) is 5.40. The standard InChI is InChI=1S/C11H16BrClN2/c1-3-9(4-5-13)15-11-6-8(2)10(12)7-14-11/h6-7,9H,3-5H2,1-2H3,(H,14,15). The zero-order chi connectivity index (χ0) is 11.3. The van der Waals surface area contributed by atoms with E-state index in [1.807, 2.05) is 12.3 Å². The number of nitrogens with one attached hydrogen (secondary N) is 1. The predicted molar refractivity (Wildman–Crippen MR) is 69.7 cm³/mol. The largest absolute Gasteiger partial charge is 0.367 e. The number of hydrogen-bond acceptors (Lipinski definition) is 2. The second-order valence-electron chi connectivity index (χ2n) is 3.55. The second kappa shape index (κ2) is 6.33. The summed E-state index contributed by atoms with van der Waals surface area (Å²) in [5.74, 6) is 1.61. The molecule has 0 aliphatic carbocycles. The van der Waals surface area contributed by atoms with Crippen molar-refractivity contribution in [1.29, 1.82) is 0 Å². The highest BCUT2D eigenvalue weighted by atomic mass is 79.9. The number of aromatic nitrogens is 1. The van der Waals surface area contributed by atoms with E-state index in [1.165, 1.54) is 5.56 Å². The normalized spacial score (nSPS) is 12.5. The summed E-state index contributed by atoms with van der Waals surface area (Å²) in [5, 5.41) is 3.38. The Morgan fingerprint density at radius 3 is 2.87 bits per heavy atom. The van der Waals surface area contributed by atoms with Gasteiger partial charge in [-0.05, 0) is 47.3 Å². The lowest BCUT2D eigenvalue weighted by Crippen LogP contribution is -2.19. The third-order valence-corrected chi connectivity index (χ3v) is 3.40. The molecule has 84 valence electrons. The Bertz CT molecular complexity index is 317. The van der Waals surface area contributed by atoms with Crippen LogP contribution in [0.2, 0.25) is 0 Å². The quantitative estimate of drug-likeness (QED) is 0.830. The monoisotopic (exact) mass is 290 g/mol. The van der Waals surface area contributed by atoms with Crippen LogP contribution in [0.25, 0.3) is 0 Å². The number of halogens is 2. The molecule has 0 fully saturated rings. The summed E-state index contributed by atoms with van der Waals surface area (Å²) in [5.41, 5.74) is 1.19. The fraction of sp³-hybridized carbons (Fsp3) is 0.545. The molecule has 0 aliphatic rings. The Balaban J connectivity index is 2.66. The lowest BCUT2D eigenvalue weighted by atomic mass is 10.1. The van der Waals surface area contributed by atoms with Gasteiger partial charge in [0.05, 0.1) is 0 Å². The maximum atomic E-state index is 5.73. The number of rotatable bonds is 5. The molecular weight excluding hydrogens is 275 g/mol. The Labute approximate surface area is 105 Å². The Morgan fingerprint density at radius 1 is 1.60 bits per heavy atom. The van der Waals surface area contributed by atoms with Crippen LogP contribution in [0.1, 0.15) is 25.3 Å². The molecule has 0 amide bonds. The first-order valence-electron chi connectivity index (χ1n) is 5.12. The van der Waals surface area contributed by atoms with Crippen LogP contribution in [0.3, 0.4) is 0 Å². The van der Waals surface area contributed by atoms with E-state index in [9.17, 15) is 0 Å². The summed E-state index contributed by atoms with van der Waals surface area (Å²) in [6.45, 7) is 4.20. The Hall–Kier alpha value is -0.280. The molecule has 4 heteroatoms. The van der Waals surface area contributed by atoms with E-state index in [0.29, 0.717) is 11.9 Å². The Morgan fingerprint density at radius 2 is 2.33 bits per heavy atom. The minimum absolute atomic E-state index is 0.413. The molecule has 0 radical (unpaired) electrons. The van der Waals surface area contributed by atoms with Crippen molar-refractivity contribution in [2.45, 2.75) is 32.7 Å². The van der Waals surface area contributed by atoms with Gasteiger partial charge in [0.15, 0.2) is 0 Å². The molecule has 1 aromatic rings. The maximum Gasteiger partial charge on any atom is 0.126 e. The van der Waals surface area contributed by atoms with E-state index in [-0.39, 0.29) is 0 Å². The van der Waals surface area contributed by atoms with Crippen molar-refractivity contribution in [1.82, 2.24) is 4.98 Å². The molecular formula is C11H16BrClN2. The summed E-state index contributed by atoms with van der Waals surface area (Å²) in [7, 11) is 0. The van der Waals surface area contributed by atoms with Gasteiger partial charge in [-0.2, -0.15) is 0 Å². The molecule has 0 spiro atoms. The van der Waals surface area contributed by atoms with Gasteiger partial charge in [-0.1, -0.05) is 6.92 Å². The number of nitrogens with zero attached hydrogens (tertiary/aromatic N) is 1. The zero-order valence-electron chi connectivity index (χ0n) is 9.06. The van der Waals surface area contributed by atoms with Crippen molar-refractivity contribution < 1.29 is 0 Å². The van der Waals surface area contributed by atoms with Crippen LogP contribution in [-0.2, 0) is 0 Å². The molecule has 1 heterocycles. The molecule has 1 N–H and O–H groups in total. The minimum atomic E-state index is 0.413. The number of alkyl halides is 1. The average molecular weight is 292 g/mol. The first kappa shape index (κ1) is 12.8. The smallest absolute Gasteiger partial charge is 0.126 e. The summed E-state index contributed by atoms with van der Waals surface area (Å²) < 4.78 is 1.04. The second-order valence-corrected chi connectivity index (χ2v) is 4.78. The molecule has 1 aromatic heterocycles. The van der Waals surface area contributed by atoms with E-state index in [4.69, 9.17) is 11.6 Å². The third kappa shape index (κ3) is 3.99. The first-order chi connectivity index (χ1) is 7.17. The maximum absolute atomic E-state index is 5.73. The highest BCUT2D eigenvalue weighted by molar-refractivity contribution is 9.10. The van der Waals surface area contributed by atoms with E-state index >= 15 is 0 Å². The summed E-state index contributed by atoms with van der Waals surface area (Å²) >= 11 is 9.16. The van der Waals surface area contributed by atoms with Crippen molar-refractivity contribution >= 4 is 33.3 Å². The molecule has 15 heavy (non-hydrogen) atoms. The summed E-state index contributed by atoms with van der Waals surface area (Å²) in [6, 6.07) is 2.46. The van der Waals surface area contributed by atoms with Crippen molar-refractivity contribution in [2.24, 2.45) is 0 Å². The number of aryl methyl sites for hydroxylation is 1. The van der Waals surface area contributed by atoms with Gasteiger partial charge in [0, 0.05) is 22.6 Å². The lowest BCUT2D eigenvalue weighted by molar-refractivity contribution is 0.672. The highest BCUT2D eigenvalue weighted by Gasteiger charge is 2.06. The third-order valence-electron chi connectivity index (χ3n) is 2.35. The van der Waals surface area contributed by atoms with Gasteiger partial charge < -0.3 is 5.32 Å². The van der Waals surface area contributed by atoms with Gasteiger partial charge in [0.1, 0.15) is 5.82 Å². The molecule has 1 unspecified atom stereocenters. The van der Waals surface area contributed by atoms with Gasteiger partial charge in [-0.15, -0.1) is 11.6 Å². The van der Waals surface area contributed by atoms with Crippen LogP contribution in [0.4, 0.5) is 5.82 Å². The zero-order valence-corrected chi connectivity index (χ0v) is 11.4. The van der Waals surface area contributed by atoms with Crippen molar-refractivity contribution in [3.8, 4) is 0 Å². The molecule has 2 nitrogen and oxygen atoms in total. The van der Waals surface area contributed by atoms with E-state index < -0.39 is 0 Å². The number of pyridine rings is 1. The van der Waals surface area contributed by atoms with Gasteiger partial charge in [-0.3, -0.25) is 0 Å². The summed E-state index contributed by atoms with van der Waals surface area (Å²) in [6.07, 6.45) is 3.85. The van der Waals surface area contributed by atoms with Crippen molar-refractivity contribution in [2.75, 3.05) is 11.2 Å². The fourth-order valence-electron chi connectivity index (χ4n) is 1.34. The fourth-order valence-corrected chi connectivity index (χ4v) is 1.82. The molecule has 0 bridgehead atoms. The van der Waals surface area contributed by atoms with Crippen LogP contribution in [0.5, 0.6) is 0 Å². The van der Waals surface area contributed by atoms with Crippen molar-refractivity contribution in [3.05, 3.63) is 22.3 Å². The van der Waals surface area contributed by atoms with E-state index in [0.717, 1.165) is 23.1 Å². The van der Waals surface area contributed by atoms with Crippen LogP contribution >= 0.6 is 27.5 Å². The van der Waals surface area contributed by atoms with Gasteiger partial charge >= 0.3 is 0 Å². The minimum Gasteiger partial charge on any atom is -0.367 e. The van der Waals surface area contributed by atoms with Crippen LogP contribution < -0.4 is 5.32 Å². The van der Waals surface area contributed by atoms with Crippen LogP contribution in [-0.4, -0.2) is 16.9 Å². The SMILES string of the molecule is CCC(CCCl)Nc1cc(C)c(Br)cn1. The van der Waals surface area contributed by atoms with Crippen LogP contribution in [0, 0.1) is 6.92 Å². The average Bonchev–Trinajstić information content (AvgIpc) is 2.23.